The van der Waals surface area contributed by atoms with E-state index in [0.29, 0.717) is 13.1 Å². The van der Waals surface area contributed by atoms with Gasteiger partial charge in [-0.3, -0.25) is 9.88 Å². The molecule has 0 fully saturated rings. The summed E-state index contributed by atoms with van der Waals surface area (Å²) >= 11 is 0. The van der Waals surface area contributed by atoms with Gasteiger partial charge in [0.05, 0.1) is 11.7 Å². The van der Waals surface area contributed by atoms with Crippen molar-refractivity contribution in [3.63, 3.8) is 0 Å². The largest absolute Gasteiger partial charge is 0.444 e. The van der Waals surface area contributed by atoms with Crippen LogP contribution in [0.5, 0.6) is 0 Å². The number of rotatable bonds is 4. The van der Waals surface area contributed by atoms with Crippen molar-refractivity contribution < 1.29 is 9.53 Å². The van der Waals surface area contributed by atoms with Crippen molar-refractivity contribution in [3.05, 3.63) is 65.0 Å². The van der Waals surface area contributed by atoms with Crippen LogP contribution in [0, 0.1) is 6.92 Å². The van der Waals surface area contributed by atoms with Gasteiger partial charge in [0.2, 0.25) is 0 Å². The number of aryl methyl sites for hydroxylation is 1. The SMILES string of the molecule is Cc1cccnc1[C@H](C)NCC1Cc2ccccc2CN1C(=O)OC(C)(C)C. The summed E-state index contributed by atoms with van der Waals surface area (Å²) in [4.78, 5) is 19.2. The number of hydrogen-bond acceptors (Lipinski definition) is 4. The number of amides is 1. The minimum Gasteiger partial charge on any atom is -0.444 e. The number of carbonyl (C=O) groups excluding carboxylic acids is 1. The normalized spacial score (nSPS) is 17.8. The number of fused-ring (bicyclic) bond motifs is 1. The van der Waals surface area contributed by atoms with Gasteiger partial charge in [0, 0.05) is 25.3 Å². The Hall–Kier alpha value is -2.40. The Morgan fingerprint density at radius 2 is 1.96 bits per heavy atom. The van der Waals surface area contributed by atoms with Crippen LogP contribution in [0.25, 0.3) is 0 Å². The fourth-order valence-electron chi connectivity index (χ4n) is 3.66. The van der Waals surface area contributed by atoms with Gasteiger partial charge in [-0.2, -0.15) is 0 Å². The third kappa shape index (κ3) is 4.90. The molecule has 28 heavy (non-hydrogen) atoms. The molecule has 0 radical (unpaired) electrons. The Morgan fingerprint density at radius 1 is 1.25 bits per heavy atom. The van der Waals surface area contributed by atoms with Crippen LogP contribution < -0.4 is 5.32 Å². The van der Waals surface area contributed by atoms with E-state index >= 15 is 0 Å². The highest BCUT2D eigenvalue weighted by atomic mass is 16.6. The van der Waals surface area contributed by atoms with E-state index in [9.17, 15) is 4.79 Å². The first-order valence-electron chi connectivity index (χ1n) is 9.96. The molecule has 1 N–H and O–H groups in total. The van der Waals surface area contributed by atoms with Gasteiger partial charge in [-0.25, -0.2) is 4.79 Å². The molecule has 2 atom stereocenters. The fraction of sp³-hybridized carbons (Fsp3) is 0.478. The van der Waals surface area contributed by atoms with Crippen molar-refractivity contribution >= 4 is 6.09 Å². The highest BCUT2D eigenvalue weighted by Gasteiger charge is 2.32. The second kappa shape index (κ2) is 8.31. The Labute approximate surface area is 168 Å². The molecule has 150 valence electrons. The van der Waals surface area contributed by atoms with Gasteiger partial charge in [0.1, 0.15) is 5.60 Å². The van der Waals surface area contributed by atoms with E-state index in [2.05, 4.69) is 48.4 Å². The molecular formula is C23H31N3O2. The number of aromatic nitrogens is 1. The van der Waals surface area contributed by atoms with Crippen molar-refractivity contribution in [2.75, 3.05) is 6.54 Å². The predicted octanol–water partition coefficient (Wildman–Crippen LogP) is 4.40. The van der Waals surface area contributed by atoms with Crippen LogP contribution in [0.15, 0.2) is 42.6 Å². The minimum atomic E-state index is -0.510. The van der Waals surface area contributed by atoms with Gasteiger partial charge in [-0.05, 0) is 63.8 Å². The molecular weight excluding hydrogens is 350 g/mol. The van der Waals surface area contributed by atoms with Crippen molar-refractivity contribution in [1.29, 1.82) is 0 Å². The topological polar surface area (TPSA) is 54.5 Å². The lowest BCUT2D eigenvalue weighted by molar-refractivity contribution is 0.0117. The summed E-state index contributed by atoms with van der Waals surface area (Å²) in [6.07, 6.45) is 2.39. The van der Waals surface area contributed by atoms with Gasteiger partial charge in [-0.1, -0.05) is 30.3 Å². The maximum Gasteiger partial charge on any atom is 0.410 e. The van der Waals surface area contributed by atoms with E-state index in [1.807, 2.05) is 44.0 Å². The van der Waals surface area contributed by atoms with Crippen LogP contribution in [0.3, 0.4) is 0 Å². The number of hydrogen-bond donors (Lipinski definition) is 1. The maximum absolute atomic E-state index is 12.9. The van der Waals surface area contributed by atoms with Crippen molar-refractivity contribution in [2.24, 2.45) is 0 Å². The number of nitrogens with zero attached hydrogens (tertiary/aromatic N) is 2. The Morgan fingerprint density at radius 3 is 2.64 bits per heavy atom. The average molecular weight is 382 g/mol. The molecule has 1 aliphatic heterocycles. The smallest absolute Gasteiger partial charge is 0.410 e. The molecule has 0 bridgehead atoms. The molecule has 5 heteroatoms. The summed E-state index contributed by atoms with van der Waals surface area (Å²) in [5.74, 6) is 0. The lowest BCUT2D eigenvalue weighted by atomic mass is 9.94. The molecule has 1 unspecified atom stereocenters. The molecule has 0 spiro atoms. The number of nitrogens with one attached hydrogen (secondary N) is 1. The van der Waals surface area contributed by atoms with Crippen LogP contribution in [-0.4, -0.2) is 34.2 Å². The lowest BCUT2D eigenvalue weighted by Crippen LogP contribution is -2.50. The van der Waals surface area contributed by atoms with Gasteiger partial charge in [-0.15, -0.1) is 0 Å². The molecule has 1 aromatic carbocycles. The standard InChI is InChI=1S/C23H31N3O2/c1-16-9-8-12-24-21(16)17(2)25-14-20-13-18-10-6-7-11-19(18)15-26(20)22(27)28-23(3,4)5/h6-12,17,20,25H,13-15H2,1-5H3/t17-,20?/m0/s1. The zero-order valence-electron chi connectivity index (χ0n) is 17.5. The van der Waals surface area contributed by atoms with Gasteiger partial charge < -0.3 is 10.1 Å². The van der Waals surface area contributed by atoms with Gasteiger partial charge in [0.15, 0.2) is 0 Å². The van der Waals surface area contributed by atoms with Crippen molar-refractivity contribution in [1.82, 2.24) is 15.2 Å². The highest BCUT2D eigenvalue weighted by Crippen LogP contribution is 2.25. The maximum atomic E-state index is 12.9. The summed E-state index contributed by atoms with van der Waals surface area (Å²) in [6, 6.07) is 12.5. The second-order valence-electron chi connectivity index (χ2n) is 8.57. The minimum absolute atomic E-state index is 0.0382. The van der Waals surface area contributed by atoms with Crippen LogP contribution in [0.1, 0.15) is 56.1 Å². The average Bonchev–Trinajstić information content (AvgIpc) is 2.64. The first-order valence-corrected chi connectivity index (χ1v) is 9.96. The van der Waals surface area contributed by atoms with E-state index in [-0.39, 0.29) is 18.2 Å². The van der Waals surface area contributed by atoms with Crippen molar-refractivity contribution in [3.8, 4) is 0 Å². The molecule has 1 amide bonds. The van der Waals surface area contributed by atoms with Crippen LogP contribution in [-0.2, 0) is 17.7 Å². The van der Waals surface area contributed by atoms with Crippen LogP contribution in [0.4, 0.5) is 4.79 Å². The predicted molar refractivity (Wildman–Crippen MR) is 111 cm³/mol. The first-order chi connectivity index (χ1) is 13.2. The summed E-state index contributed by atoms with van der Waals surface area (Å²) in [5.41, 5.74) is 4.20. The number of carbonyl (C=O) groups is 1. The van der Waals surface area contributed by atoms with Crippen molar-refractivity contribution in [2.45, 2.75) is 65.3 Å². The molecule has 2 heterocycles. The van der Waals surface area contributed by atoms with E-state index in [4.69, 9.17) is 4.74 Å². The molecule has 0 saturated carbocycles. The first kappa shape index (κ1) is 20.3. The molecule has 2 aromatic rings. The monoisotopic (exact) mass is 381 g/mol. The molecule has 1 aromatic heterocycles. The quantitative estimate of drug-likeness (QED) is 0.853. The fourth-order valence-corrected chi connectivity index (χ4v) is 3.66. The van der Waals surface area contributed by atoms with E-state index in [1.54, 1.807) is 0 Å². The Kier molecular flexibility index (Phi) is 6.04. The van der Waals surface area contributed by atoms with Gasteiger partial charge in [0.25, 0.3) is 0 Å². The molecule has 3 rings (SSSR count). The summed E-state index contributed by atoms with van der Waals surface area (Å²) in [7, 11) is 0. The number of pyridine rings is 1. The van der Waals surface area contributed by atoms with E-state index in [1.165, 1.54) is 16.7 Å². The number of ether oxygens (including phenoxy) is 1. The third-order valence-electron chi connectivity index (χ3n) is 5.10. The lowest BCUT2D eigenvalue weighted by Gasteiger charge is -2.38. The Bertz CT molecular complexity index is 829. The molecule has 5 nitrogen and oxygen atoms in total. The van der Waals surface area contributed by atoms with E-state index < -0.39 is 5.60 Å². The summed E-state index contributed by atoms with van der Waals surface area (Å²) < 4.78 is 5.68. The van der Waals surface area contributed by atoms with E-state index in [0.717, 1.165) is 12.1 Å². The summed E-state index contributed by atoms with van der Waals surface area (Å²) in [5, 5.41) is 3.58. The zero-order chi connectivity index (χ0) is 20.3. The molecule has 0 aliphatic carbocycles. The highest BCUT2D eigenvalue weighted by molar-refractivity contribution is 5.69. The molecule has 0 saturated heterocycles. The van der Waals surface area contributed by atoms with Crippen LogP contribution in [0.2, 0.25) is 0 Å². The van der Waals surface area contributed by atoms with Crippen LogP contribution >= 0.6 is 0 Å². The Balaban J connectivity index is 1.75. The third-order valence-corrected chi connectivity index (χ3v) is 5.10. The number of benzene rings is 1. The molecule has 1 aliphatic rings. The summed E-state index contributed by atoms with van der Waals surface area (Å²) in [6.45, 7) is 11.2. The second-order valence-corrected chi connectivity index (χ2v) is 8.57. The van der Waals surface area contributed by atoms with Gasteiger partial charge >= 0.3 is 6.09 Å². The zero-order valence-corrected chi connectivity index (χ0v) is 17.5.